The predicted molar refractivity (Wildman–Crippen MR) is 88.7 cm³/mol. The number of halogens is 1. The van der Waals surface area contributed by atoms with Crippen molar-refractivity contribution < 1.29 is 9.90 Å². The highest BCUT2D eigenvalue weighted by Gasteiger charge is 2.36. The molecule has 1 aromatic rings. The summed E-state index contributed by atoms with van der Waals surface area (Å²) < 4.78 is 1.04. The minimum absolute atomic E-state index is 0.109. The van der Waals surface area contributed by atoms with Gasteiger partial charge in [-0.05, 0) is 71.9 Å². The maximum atomic E-state index is 12.1. The molecule has 1 saturated carbocycles. The lowest BCUT2D eigenvalue weighted by atomic mass is 9.71. The lowest BCUT2D eigenvalue weighted by Crippen LogP contribution is -2.46. The molecule has 20 heavy (non-hydrogen) atoms. The third-order valence-corrected chi connectivity index (χ3v) is 4.87. The standard InChI is InChI=1S/C16H22INO2/c1-15(2)6-8-16(20,9-7-15)11-18-14(19)12-4-3-5-13(17)10-12/h3-5,10,20H,6-9,11H2,1-2H3,(H,18,19). The maximum Gasteiger partial charge on any atom is 0.251 e. The van der Waals surface area contributed by atoms with Crippen molar-refractivity contribution in [3.05, 3.63) is 33.4 Å². The molecule has 2 N–H and O–H groups in total. The highest BCUT2D eigenvalue weighted by Crippen LogP contribution is 2.39. The van der Waals surface area contributed by atoms with E-state index in [0.29, 0.717) is 17.5 Å². The highest BCUT2D eigenvalue weighted by atomic mass is 127. The van der Waals surface area contributed by atoms with Gasteiger partial charge < -0.3 is 10.4 Å². The molecule has 0 atom stereocenters. The molecular weight excluding hydrogens is 365 g/mol. The molecule has 0 aliphatic heterocycles. The number of aliphatic hydroxyl groups is 1. The summed E-state index contributed by atoms with van der Waals surface area (Å²) in [5, 5.41) is 13.4. The van der Waals surface area contributed by atoms with Crippen molar-refractivity contribution in [2.24, 2.45) is 5.41 Å². The van der Waals surface area contributed by atoms with Crippen LogP contribution in [0, 0.1) is 8.99 Å². The summed E-state index contributed by atoms with van der Waals surface area (Å²) in [5.41, 5.74) is 0.218. The summed E-state index contributed by atoms with van der Waals surface area (Å²) in [4.78, 5) is 12.1. The van der Waals surface area contributed by atoms with Crippen molar-refractivity contribution in [3.63, 3.8) is 0 Å². The summed E-state index contributed by atoms with van der Waals surface area (Å²) in [7, 11) is 0. The second-order valence-electron chi connectivity index (χ2n) is 6.58. The fraction of sp³-hybridized carbons (Fsp3) is 0.562. The van der Waals surface area contributed by atoms with Crippen molar-refractivity contribution >= 4 is 28.5 Å². The van der Waals surface area contributed by atoms with Crippen molar-refractivity contribution in [1.82, 2.24) is 5.32 Å². The molecule has 0 heterocycles. The van der Waals surface area contributed by atoms with Crippen LogP contribution in [0.1, 0.15) is 49.9 Å². The Balaban J connectivity index is 1.90. The second-order valence-corrected chi connectivity index (χ2v) is 7.83. The number of carbonyl (C=O) groups excluding carboxylic acids is 1. The van der Waals surface area contributed by atoms with E-state index in [1.165, 1.54) is 0 Å². The number of amides is 1. The van der Waals surface area contributed by atoms with Gasteiger partial charge in [-0.1, -0.05) is 19.9 Å². The van der Waals surface area contributed by atoms with Gasteiger partial charge >= 0.3 is 0 Å². The number of hydrogen-bond donors (Lipinski definition) is 2. The Morgan fingerprint density at radius 3 is 2.55 bits per heavy atom. The number of rotatable bonds is 3. The molecule has 0 bridgehead atoms. The molecule has 1 aromatic carbocycles. The summed E-state index contributed by atoms with van der Waals surface area (Å²) in [6.07, 6.45) is 3.52. The zero-order valence-corrected chi connectivity index (χ0v) is 14.2. The van der Waals surface area contributed by atoms with E-state index in [2.05, 4.69) is 41.8 Å². The number of hydrogen-bond acceptors (Lipinski definition) is 2. The molecule has 0 aromatic heterocycles. The van der Waals surface area contributed by atoms with Crippen LogP contribution in [-0.4, -0.2) is 23.2 Å². The van der Waals surface area contributed by atoms with Crippen LogP contribution in [0.5, 0.6) is 0 Å². The summed E-state index contributed by atoms with van der Waals surface area (Å²) >= 11 is 2.19. The summed E-state index contributed by atoms with van der Waals surface area (Å²) in [6, 6.07) is 7.47. The van der Waals surface area contributed by atoms with E-state index in [9.17, 15) is 9.90 Å². The fourth-order valence-corrected chi connectivity index (χ4v) is 3.09. The van der Waals surface area contributed by atoms with E-state index in [1.807, 2.05) is 18.2 Å². The van der Waals surface area contributed by atoms with E-state index >= 15 is 0 Å². The molecule has 2 rings (SSSR count). The smallest absolute Gasteiger partial charge is 0.251 e. The lowest BCUT2D eigenvalue weighted by molar-refractivity contribution is -0.0233. The largest absolute Gasteiger partial charge is 0.388 e. The Bertz CT molecular complexity index is 489. The molecule has 1 fully saturated rings. The first-order valence-electron chi connectivity index (χ1n) is 7.06. The SMILES string of the molecule is CC1(C)CCC(O)(CNC(=O)c2cccc(I)c2)CC1. The van der Waals surface area contributed by atoms with Gasteiger partial charge in [0.1, 0.15) is 0 Å². The van der Waals surface area contributed by atoms with Gasteiger partial charge in [-0.25, -0.2) is 0 Å². The van der Waals surface area contributed by atoms with Gasteiger partial charge in [0, 0.05) is 15.7 Å². The third-order valence-electron chi connectivity index (χ3n) is 4.20. The van der Waals surface area contributed by atoms with Crippen molar-refractivity contribution in [3.8, 4) is 0 Å². The van der Waals surface area contributed by atoms with Crippen LogP contribution in [0.25, 0.3) is 0 Å². The van der Waals surface area contributed by atoms with Crippen LogP contribution in [0.15, 0.2) is 24.3 Å². The molecule has 3 nitrogen and oxygen atoms in total. The second kappa shape index (κ2) is 6.02. The molecule has 0 radical (unpaired) electrons. The monoisotopic (exact) mass is 387 g/mol. The van der Waals surface area contributed by atoms with Gasteiger partial charge in [-0.15, -0.1) is 0 Å². The van der Waals surface area contributed by atoms with Gasteiger partial charge in [-0.3, -0.25) is 4.79 Å². The highest BCUT2D eigenvalue weighted by molar-refractivity contribution is 14.1. The van der Waals surface area contributed by atoms with Crippen LogP contribution in [-0.2, 0) is 0 Å². The Hall–Kier alpha value is -0.620. The van der Waals surface area contributed by atoms with Gasteiger partial charge in [-0.2, -0.15) is 0 Å². The third kappa shape index (κ3) is 4.19. The molecule has 0 spiro atoms. The van der Waals surface area contributed by atoms with Gasteiger partial charge in [0.2, 0.25) is 0 Å². The van der Waals surface area contributed by atoms with Gasteiger partial charge in [0.15, 0.2) is 0 Å². The van der Waals surface area contributed by atoms with Gasteiger partial charge in [0.05, 0.1) is 5.60 Å². The topological polar surface area (TPSA) is 49.3 Å². The fourth-order valence-electron chi connectivity index (χ4n) is 2.55. The zero-order valence-electron chi connectivity index (χ0n) is 12.1. The van der Waals surface area contributed by atoms with Crippen LogP contribution in [0.2, 0.25) is 0 Å². The van der Waals surface area contributed by atoms with Crippen molar-refractivity contribution in [2.45, 2.75) is 45.1 Å². The average molecular weight is 387 g/mol. The van der Waals surface area contributed by atoms with Crippen molar-refractivity contribution in [1.29, 1.82) is 0 Å². The van der Waals surface area contributed by atoms with E-state index < -0.39 is 5.60 Å². The maximum absolute atomic E-state index is 12.1. The number of benzene rings is 1. The number of nitrogens with one attached hydrogen (secondary N) is 1. The van der Waals surface area contributed by atoms with Gasteiger partial charge in [0.25, 0.3) is 5.91 Å². The molecule has 1 aliphatic carbocycles. The molecular formula is C16H22INO2. The molecule has 1 aliphatic rings. The first kappa shape index (κ1) is 15.8. The minimum atomic E-state index is -0.743. The summed E-state index contributed by atoms with van der Waals surface area (Å²) in [6.45, 7) is 4.81. The molecule has 0 saturated heterocycles. The quantitative estimate of drug-likeness (QED) is 0.782. The molecule has 110 valence electrons. The first-order valence-corrected chi connectivity index (χ1v) is 8.14. The molecule has 0 unspecified atom stereocenters. The normalized spacial score (nSPS) is 20.4. The zero-order chi connectivity index (χ0) is 14.8. The lowest BCUT2D eigenvalue weighted by Gasteiger charge is -2.40. The first-order chi connectivity index (χ1) is 9.30. The predicted octanol–water partition coefficient (Wildman–Crippen LogP) is 3.35. The Morgan fingerprint density at radius 1 is 1.30 bits per heavy atom. The van der Waals surface area contributed by atoms with E-state index in [-0.39, 0.29) is 5.91 Å². The Morgan fingerprint density at radius 2 is 1.95 bits per heavy atom. The van der Waals surface area contributed by atoms with Crippen LogP contribution >= 0.6 is 22.6 Å². The van der Waals surface area contributed by atoms with E-state index in [1.54, 1.807) is 6.07 Å². The number of carbonyl (C=O) groups is 1. The van der Waals surface area contributed by atoms with Crippen molar-refractivity contribution in [2.75, 3.05) is 6.54 Å². The Kier molecular flexibility index (Phi) is 4.74. The van der Waals surface area contributed by atoms with E-state index in [4.69, 9.17) is 0 Å². The Labute approximate surface area is 134 Å². The van der Waals surface area contributed by atoms with Crippen LogP contribution < -0.4 is 5.32 Å². The van der Waals surface area contributed by atoms with Crippen LogP contribution in [0.3, 0.4) is 0 Å². The summed E-state index contributed by atoms with van der Waals surface area (Å²) in [5.74, 6) is -0.109. The average Bonchev–Trinajstić information content (AvgIpc) is 2.40. The molecule has 4 heteroatoms. The molecule has 1 amide bonds. The van der Waals surface area contributed by atoms with Crippen LogP contribution in [0.4, 0.5) is 0 Å². The van der Waals surface area contributed by atoms with E-state index in [0.717, 1.165) is 29.3 Å². The minimum Gasteiger partial charge on any atom is -0.388 e.